The number of hydrogen-bond acceptors (Lipinski definition) is 5. The van der Waals surface area contributed by atoms with Crippen LogP contribution in [0.25, 0.3) is 11.5 Å². The molecule has 3 rings (SSSR count). The molecule has 0 aliphatic rings. The van der Waals surface area contributed by atoms with E-state index in [4.69, 9.17) is 16.0 Å². The molecule has 0 aliphatic carbocycles. The molecule has 128 valence electrons. The molecule has 1 aromatic heterocycles. The second kappa shape index (κ2) is 7.67. The Hall–Kier alpha value is -2.38. The third-order valence-corrected chi connectivity index (χ3v) is 4.41. The summed E-state index contributed by atoms with van der Waals surface area (Å²) >= 11 is 7.03. The summed E-state index contributed by atoms with van der Waals surface area (Å²) in [5.74, 6) is -0.289. The van der Waals surface area contributed by atoms with Gasteiger partial charge in [-0.05, 0) is 49.4 Å². The molecule has 3 aromatic rings. The first-order chi connectivity index (χ1) is 12.0. The standard InChI is InChI=1S/C17H13ClFN3O2S/c1-10(15(23)20-14-4-2-3-12(18)9-14)25-17-22-21-16(24-17)11-5-7-13(19)8-6-11/h2-10H,1H3,(H,20,23). The van der Waals surface area contributed by atoms with Crippen LogP contribution in [0.2, 0.25) is 5.02 Å². The summed E-state index contributed by atoms with van der Waals surface area (Å²) in [4.78, 5) is 12.2. The van der Waals surface area contributed by atoms with Gasteiger partial charge in [-0.25, -0.2) is 4.39 Å². The average Bonchev–Trinajstić information content (AvgIpc) is 3.04. The van der Waals surface area contributed by atoms with E-state index >= 15 is 0 Å². The number of anilines is 1. The van der Waals surface area contributed by atoms with Gasteiger partial charge in [-0.15, -0.1) is 10.2 Å². The minimum Gasteiger partial charge on any atom is -0.411 e. The molecule has 25 heavy (non-hydrogen) atoms. The van der Waals surface area contributed by atoms with Gasteiger partial charge >= 0.3 is 0 Å². The van der Waals surface area contributed by atoms with Crippen LogP contribution in [0, 0.1) is 5.82 Å². The molecular formula is C17H13ClFN3O2S. The predicted octanol–water partition coefficient (Wildman–Crippen LogP) is 4.65. The van der Waals surface area contributed by atoms with Gasteiger partial charge in [-0.3, -0.25) is 4.79 Å². The van der Waals surface area contributed by atoms with Crippen LogP contribution >= 0.6 is 23.4 Å². The highest BCUT2D eigenvalue weighted by molar-refractivity contribution is 8.00. The van der Waals surface area contributed by atoms with Crippen LogP contribution in [0.15, 0.2) is 58.2 Å². The maximum Gasteiger partial charge on any atom is 0.277 e. The fourth-order valence-corrected chi connectivity index (χ4v) is 2.86. The number of carbonyl (C=O) groups excluding carboxylic acids is 1. The summed E-state index contributed by atoms with van der Waals surface area (Å²) in [6.07, 6.45) is 0. The van der Waals surface area contributed by atoms with Crippen molar-refractivity contribution in [2.45, 2.75) is 17.4 Å². The van der Waals surface area contributed by atoms with Crippen molar-refractivity contribution >= 4 is 35.0 Å². The molecule has 0 saturated heterocycles. The molecule has 0 saturated carbocycles. The van der Waals surface area contributed by atoms with Gasteiger partial charge in [0.05, 0.1) is 5.25 Å². The van der Waals surface area contributed by atoms with Gasteiger partial charge < -0.3 is 9.73 Å². The lowest BCUT2D eigenvalue weighted by atomic mass is 10.2. The van der Waals surface area contributed by atoms with E-state index in [2.05, 4.69) is 15.5 Å². The zero-order valence-corrected chi connectivity index (χ0v) is 14.6. The predicted molar refractivity (Wildman–Crippen MR) is 95.1 cm³/mol. The molecule has 1 unspecified atom stereocenters. The van der Waals surface area contributed by atoms with E-state index in [1.165, 1.54) is 12.1 Å². The summed E-state index contributed by atoms with van der Waals surface area (Å²) in [7, 11) is 0. The van der Waals surface area contributed by atoms with Crippen molar-refractivity contribution in [3.8, 4) is 11.5 Å². The van der Waals surface area contributed by atoms with Gasteiger partial charge in [-0.1, -0.05) is 29.4 Å². The monoisotopic (exact) mass is 377 g/mol. The molecule has 0 radical (unpaired) electrons. The highest BCUT2D eigenvalue weighted by atomic mass is 35.5. The SMILES string of the molecule is CC(Sc1nnc(-c2ccc(F)cc2)o1)C(=O)Nc1cccc(Cl)c1. The van der Waals surface area contributed by atoms with Gasteiger partial charge in [-0.2, -0.15) is 0 Å². The van der Waals surface area contributed by atoms with Gasteiger partial charge in [0, 0.05) is 16.3 Å². The zero-order chi connectivity index (χ0) is 17.8. The molecular weight excluding hydrogens is 365 g/mol. The summed E-state index contributed by atoms with van der Waals surface area (Å²) in [6, 6.07) is 12.6. The number of rotatable bonds is 5. The average molecular weight is 378 g/mol. The van der Waals surface area contributed by atoms with Gasteiger partial charge in [0.25, 0.3) is 5.22 Å². The van der Waals surface area contributed by atoms with Crippen molar-refractivity contribution in [1.82, 2.24) is 10.2 Å². The Morgan fingerprint density at radius 1 is 1.24 bits per heavy atom. The number of nitrogens with one attached hydrogen (secondary N) is 1. The van der Waals surface area contributed by atoms with Crippen LogP contribution in [0.5, 0.6) is 0 Å². The maximum atomic E-state index is 12.9. The minimum atomic E-state index is -0.458. The van der Waals surface area contributed by atoms with Gasteiger partial charge in [0.15, 0.2) is 0 Å². The fraction of sp³-hybridized carbons (Fsp3) is 0.118. The van der Waals surface area contributed by atoms with Crippen LogP contribution in [0.1, 0.15) is 6.92 Å². The molecule has 8 heteroatoms. The van der Waals surface area contributed by atoms with Crippen molar-refractivity contribution in [1.29, 1.82) is 0 Å². The second-order valence-corrected chi connectivity index (χ2v) is 6.87. The largest absolute Gasteiger partial charge is 0.411 e. The molecule has 2 aromatic carbocycles. The second-order valence-electron chi connectivity index (χ2n) is 5.14. The minimum absolute atomic E-state index is 0.214. The molecule has 0 aliphatic heterocycles. The normalized spacial score (nSPS) is 12.0. The number of benzene rings is 2. The Balaban J connectivity index is 1.63. The van der Waals surface area contributed by atoms with Crippen LogP contribution in [0.3, 0.4) is 0 Å². The lowest BCUT2D eigenvalue weighted by Crippen LogP contribution is -2.22. The highest BCUT2D eigenvalue weighted by Gasteiger charge is 2.19. The summed E-state index contributed by atoms with van der Waals surface area (Å²) < 4.78 is 18.5. The van der Waals surface area contributed by atoms with Gasteiger partial charge in [0.1, 0.15) is 5.82 Å². The molecule has 5 nitrogen and oxygen atoms in total. The zero-order valence-electron chi connectivity index (χ0n) is 13.1. The molecule has 1 N–H and O–H groups in total. The van der Waals surface area contributed by atoms with Crippen LogP contribution in [0.4, 0.5) is 10.1 Å². The van der Waals surface area contributed by atoms with Crippen molar-refractivity contribution in [3.63, 3.8) is 0 Å². The molecule has 0 spiro atoms. The van der Waals surface area contributed by atoms with Crippen molar-refractivity contribution in [2.75, 3.05) is 5.32 Å². The fourth-order valence-electron chi connectivity index (χ4n) is 1.98. The number of carbonyl (C=O) groups is 1. The van der Waals surface area contributed by atoms with Crippen LogP contribution < -0.4 is 5.32 Å². The van der Waals surface area contributed by atoms with E-state index in [0.717, 1.165) is 11.8 Å². The van der Waals surface area contributed by atoms with Crippen molar-refractivity contribution in [3.05, 3.63) is 59.4 Å². The summed E-state index contributed by atoms with van der Waals surface area (Å²) in [6.45, 7) is 1.73. The topological polar surface area (TPSA) is 68.0 Å². The molecule has 0 bridgehead atoms. The van der Waals surface area contributed by atoms with Crippen molar-refractivity contribution in [2.24, 2.45) is 0 Å². The van der Waals surface area contributed by atoms with E-state index in [1.54, 1.807) is 43.3 Å². The lowest BCUT2D eigenvalue weighted by molar-refractivity contribution is -0.115. The quantitative estimate of drug-likeness (QED) is 0.655. The van der Waals surface area contributed by atoms with E-state index < -0.39 is 5.25 Å². The van der Waals surface area contributed by atoms with E-state index in [9.17, 15) is 9.18 Å². The Kier molecular flexibility index (Phi) is 5.35. The lowest BCUT2D eigenvalue weighted by Gasteiger charge is -2.09. The maximum absolute atomic E-state index is 12.9. The number of aromatic nitrogens is 2. The van der Waals surface area contributed by atoms with E-state index in [-0.39, 0.29) is 22.8 Å². The number of nitrogens with zero attached hydrogens (tertiary/aromatic N) is 2. The number of hydrogen-bond donors (Lipinski definition) is 1. The molecule has 1 atom stereocenters. The molecule has 1 amide bonds. The number of thioether (sulfide) groups is 1. The number of amides is 1. The Morgan fingerprint density at radius 3 is 2.72 bits per heavy atom. The Labute approximate surface area is 152 Å². The van der Waals surface area contributed by atoms with Gasteiger partial charge in [0.2, 0.25) is 11.8 Å². The summed E-state index contributed by atoms with van der Waals surface area (Å²) in [5, 5.41) is 10.9. The Bertz CT molecular complexity index is 886. The first kappa shape index (κ1) is 17.4. The van der Waals surface area contributed by atoms with E-state index in [0.29, 0.717) is 16.3 Å². The smallest absolute Gasteiger partial charge is 0.277 e. The molecule has 1 heterocycles. The van der Waals surface area contributed by atoms with Crippen LogP contribution in [-0.4, -0.2) is 21.4 Å². The van der Waals surface area contributed by atoms with Crippen LogP contribution in [-0.2, 0) is 4.79 Å². The number of halogens is 2. The third-order valence-electron chi connectivity index (χ3n) is 3.24. The Morgan fingerprint density at radius 2 is 2.00 bits per heavy atom. The highest BCUT2D eigenvalue weighted by Crippen LogP contribution is 2.27. The first-order valence-electron chi connectivity index (χ1n) is 7.34. The van der Waals surface area contributed by atoms with Crippen molar-refractivity contribution < 1.29 is 13.6 Å². The summed E-state index contributed by atoms with van der Waals surface area (Å²) in [5.41, 5.74) is 1.22. The van der Waals surface area contributed by atoms with E-state index in [1.807, 2.05) is 0 Å². The third kappa shape index (κ3) is 4.58. The first-order valence-corrected chi connectivity index (χ1v) is 8.59. The molecule has 0 fully saturated rings.